The molecular weight excluding hydrogens is 312 g/mol. The van der Waals surface area contributed by atoms with E-state index in [1.165, 1.54) is 0 Å². The van der Waals surface area contributed by atoms with Crippen molar-refractivity contribution in [2.24, 2.45) is 0 Å². The number of benzene rings is 1. The molecule has 0 aliphatic rings. The maximum absolute atomic E-state index is 12.1. The molecule has 0 N–H and O–H groups in total. The van der Waals surface area contributed by atoms with E-state index in [0.717, 1.165) is 0 Å². The Bertz CT molecular complexity index is 632. The molecular formula is C8H4ClF2NO6S. The predicted octanol–water partition coefficient (Wildman–Crippen LogP) is 1.94. The number of alkyl halides is 2. The lowest BCUT2D eigenvalue weighted by Crippen LogP contribution is -2.08. The number of carbonyl (C=O) groups excluding carboxylic acids is 1. The Morgan fingerprint density at radius 1 is 1.42 bits per heavy atom. The first kappa shape index (κ1) is 15.2. The number of hydrogen-bond donors (Lipinski definition) is 0. The third-order valence-electron chi connectivity index (χ3n) is 1.88. The zero-order valence-corrected chi connectivity index (χ0v) is 10.3. The number of nitro benzene ring substituents is 1. The van der Waals surface area contributed by atoms with Crippen LogP contribution in [0, 0.1) is 10.1 Å². The first-order valence-electron chi connectivity index (χ1n) is 4.34. The molecule has 0 radical (unpaired) electrons. The van der Waals surface area contributed by atoms with Crippen LogP contribution in [0.4, 0.5) is 14.5 Å². The molecule has 0 unspecified atom stereocenters. The molecule has 0 aliphatic carbocycles. The summed E-state index contributed by atoms with van der Waals surface area (Å²) in [6.07, 6.45) is -0.0592. The van der Waals surface area contributed by atoms with Gasteiger partial charge in [-0.25, -0.2) is 8.42 Å². The van der Waals surface area contributed by atoms with Crippen molar-refractivity contribution < 1.29 is 31.7 Å². The molecule has 19 heavy (non-hydrogen) atoms. The summed E-state index contributed by atoms with van der Waals surface area (Å²) in [6, 6.07) is 1.02. The van der Waals surface area contributed by atoms with E-state index in [1.807, 2.05) is 0 Å². The van der Waals surface area contributed by atoms with Gasteiger partial charge in [0.2, 0.25) is 5.75 Å². The molecule has 1 aromatic rings. The molecule has 0 saturated carbocycles. The summed E-state index contributed by atoms with van der Waals surface area (Å²) in [5.41, 5.74) is -1.84. The van der Waals surface area contributed by atoms with Gasteiger partial charge in [-0.1, -0.05) is 0 Å². The lowest BCUT2D eigenvalue weighted by molar-refractivity contribution is -0.386. The Hall–Kier alpha value is -1.81. The Kier molecular flexibility index (Phi) is 4.37. The molecule has 11 heteroatoms. The summed E-state index contributed by atoms with van der Waals surface area (Å²) in [7, 11) is 0.596. The second kappa shape index (κ2) is 5.45. The molecule has 0 saturated heterocycles. The highest BCUT2D eigenvalue weighted by Crippen LogP contribution is 2.35. The van der Waals surface area contributed by atoms with E-state index in [2.05, 4.69) is 4.74 Å². The van der Waals surface area contributed by atoms with E-state index >= 15 is 0 Å². The molecule has 1 rings (SSSR count). The fraction of sp³-hybridized carbons (Fsp3) is 0.125. The van der Waals surface area contributed by atoms with E-state index < -0.39 is 42.5 Å². The number of nitro groups is 1. The van der Waals surface area contributed by atoms with E-state index in [9.17, 15) is 32.1 Å². The molecule has 0 atom stereocenters. The zero-order chi connectivity index (χ0) is 14.8. The van der Waals surface area contributed by atoms with Crippen molar-refractivity contribution >= 4 is 31.7 Å². The van der Waals surface area contributed by atoms with Crippen LogP contribution in [0.25, 0.3) is 0 Å². The SMILES string of the molecule is O=Cc1cc(S(=O)(=O)Cl)cc([N+](=O)[O-])c1OC(F)F. The van der Waals surface area contributed by atoms with Gasteiger partial charge in [0.1, 0.15) is 0 Å². The minimum Gasteiger partial charge on any atom is -0.427 e. The zero-order valence-electron chi connectivity index (χ0n) is 8.75. The van der Waals surface area contributed by atoms with Gasteiger partial charge < -0.3 is 4.74 Å². The fourth-order valence-corrected chi connectivity index (χ4v) is 1.98. The molecule has 0 bridgehead atoms. The first-order chi connectivity index (χ1) is 8.66. The number of aldehydes is 1. The maximum Gasteiger partial charge on any atom is 0.387 e. The van der Waals surface area contributed by atoms with Crippen LogP contribution in [0.15, 0.2) is 17.0 Å². The van der Waals surface area contributed by atoms with Gasteiger partial charge in [-0.15, -0.1) is 0 Å². The summed E-state index contributed by atoms with van der Waals surface area (Å²) in [4.78, 5) is 19.4. The van der Waals surface area contributed by atoms with Crippen LogP contribution < -0.4 is 4.74 Å². The Labute approximate surface area is 109 Å². The second-order valence-corrected chi connectivity index (χ2v) is 5.62. The van der Waals surface area contributed by atoms with Crippen molar-refractivity contribution in [3.05, 3.63) is 27.8 Å². The molecule has 0 heterocycles. The molecule has 0 amide bonds. The van der Waals surface area contributed by atoms with Crippen LogP contribution in [0.2, 0.25) is 0 Å². The lowest BCUT2D eigenvalue weighted by atomic mass is 10.2. The molecule has 0 fully saturated rings. The van der Waals surface area contributed by atoms with Gasteiger partial charge in [-0.3, -0.25) is 14.9 Å². The van der Waals surface area contributed by atoms with Gasteiger partial charge >= 0.3 is 12.3 Å². The topological polar surface area (TPSA) is 104 Å². The largest absolute Gasteiger partial charge is 0.427 e. The number of carbonyl (C=O) groups is 1. The second-order valence-electron chi connectivity index (χ2n) is 3.05. The van der Waals surface area contributed by atoms with Gasteiger partial charge in [-0.2, -0.15) is 8.78 Å². The number of rotatable bonds is 5. The third-order valence-corrected chi connectivity index (χ3v) is 3.22. The van der Waals surface area contributed by atoms with Crippen molar-refractivity contribution in [2.75, 3.05) is 0 Å². The number of halogens is 3. The predicted molar refractivity (Wildman–Crippen MR) is 58.2 cm³/mol. The van der Waals surface area contributed by atoms with Gasteiger partial charge in [-0.05, 0) is 6.07 Å². The average molecular weight is 316 g/mol. The molecule has 0 aliphatic heterocycles. The van der Waals surface area contributed by atoms with Crippen molar-refractivity contribution in [3.8, 4) is 5.75 Å². The van der Waals surface area contributed by atoms with Gasteiger partial charge in [0.25, 0.3) is 9.05 Å². The van der Waals surface area contributed by atoms with Crippen LogP contribution in [-0.4, -0.2) is 26.2 Å². The number of hydrogen-bond acceptors (Lipinski definition) is 6. The van der Waals surface area contributed by atoms with Gasteiger partial charge in [0.05, 0.1) is 15.4 Å². The Morgan fingerprint density at radius 3 is 2.37 bits per heavy atom. The van der Waals surface area contributed by atoms with Crippen molar-refractivity contribution in [2.45, 2.75) is 11.5 Å². The normalized spacial score (nSPS) is 11.4. The fourth-order valence-electron chi connectivity index (χ4n) is 1.19. The van der Waals surface area contributed by atoms with Crippen molar-refractivity contribution in [1.82, 2.24) is 0 Å². The van der Waals surface area contributed by atoms with E-state index in [-0.39, 0.29) is 6.29 Å². The maximum atomic E-state index is 12.1. The first-order valence-corrected chi connectivity index (χ1v) is 6.65. The van der Waals surface area contributed by atoms with E-state index in [1.54, 1.807) is 0 Å². The van der Waals surface area contributed by atoms with E-state index in [4.69, 9.17) is 10.7 Å². The summed E-state index contributed by atoms with van der Waals surface area (Å²) >= 11 is 0. The minimum absolute atomic E-state index is 0.0592. The highest BCUT2D eigenvalue weighted by Gasteiger charge is 2.27. The molecule has 7 nitrogen and oxygen atoms in total. The lowest BCUT2D eigenvalue weighted by Gasteiger charge is -2.08. The highest BCUT2D eigenvalue weighted by atomic mass is 35.7. The Balaban J connectivity index is 3.63. The third kappa shape index (κ3) is 3.58. The van der Waals surface area contributed by atoms with Crippen molar-refractivity contribution in [1.29, 1.82) is 0 Å². The van der Waals surface area contributed by atoms with Gasteiger partial charge in [0.15, 0.2) is 6.29 Å². The molecule has 1 aromatic carbocycles. The smallest absolute Gasteiger partial charge is 0.387 e. The molecule has 0 aromatic heterocycles. The number of nitrogens with zero attached hydrogens (tertiary/aromatic N) is 1. The number of ether oxygens (including phenoxy) is 1. The quantitative estimate of drug-likeness (QED) is 0.356. The van der Waals surface area contributed by atoms with Crippen LogP contribution in [0.3, 0.4) is 0 Å². The summed E-state index contributed by atoms with van der Waals surface area (Å²) in [5, 5.41) is 10.7. The minimum atomic E-state index is -4.37. The molecule has 0 spiro atoms. The van der Waals surface area contributed by atoms with Crippen LogP contribution in [0.5, 0.6) is 5.75 Å². The van der Waals surface area contributed by atoms with E-state index in [0.29, 0.717) is 12.1 Å². The average Bonchev–Trinajstić information content (AvgIpc) is 2.26. The summed E-state index contributed by atoms with van der Waals surface area (Å²) in [5.74, 6) is -1.03. The summed E-state index contributed by atoms with van der Waals surface area (Å²) in [6.45, 7) is -3.42. The van der Waals surface area contributed by atoms with Crippen LogP contribution in [0.1, 0.15) is 10.4 Å². The van der Waals surface area contributed by atoms with Gasteiger partial charge in [0, 0.05) is 16.7 Å². The highest BCUT2D eigenvalue weighted by molar-refractivity contribution is 8.13. The standard InChI is InChI=1S/C8H4ClF2NO6S/c9-19(16,17)5-1-4(3-13)7(18-8(10)11)6(2-5)12(14)15/h1-3,8H. The van der Waals surface area contributed by atoms with Crippen LogP contribution in [-0.2, 0) is 9.05 Å². The molecule has 104 valence electrons. The monoisotopic (exact) mass is 315 g/mol. The Morgan fingerprint density at radius 2 is 2.00 bits per heavy atom. The summed E-state index contributed by atoms with van der Waals surface area (Å²) < 4.78 is 50.2. The van der Waals surface area contributed by atoms with Crippen molar-refractivity contribution in [3.63, 3.8) is 0 Å². The van der Waals surface area contributed by atoms with Crippen LogP contribution >= 0.6 is 10.7 Å².